The van der Waals surface area contributed by atoms with E-state index in [0.717, 1.165) is 11.5 Å². The topological polar surface area (TPSA) is 89.2 Å². The average Bonchev–Trinajstić information content (AvgIpc) is 3.10. The molecule has 1 N–H and O–H groups in total. The van der Waals surface area contributed by atoms with Crippen molar-refractivity contribution in [3.63, 3.8) is 0 Å². The van der Waals surface area contributed by atoms with Gasteiger partial charge in [-0.1, -0.05) is 12.1 Å². The van der Waals surface area contributed by atoms with Crippen molar-refractivity contribution in [2.75, 3.05) is 25.1 Å². The molecule has 1 aliphatic rings. The van der Waals surface area contributed by atoms with Crippen LogP contribution in [0.1, 0.15) is 10.5 Å². The van der Waals surface area contributed by atoms with E-state index in [1.54, 1.807) is 12.3 Å². The van der Waals surface area contributed by atoms with E-state index >= 15 is 0 Å². The number of hydrogen-bond donors (Lipinski definition) is 1. The standard InChI is InChI=1S/C17H16N4O4/c1-20(9-11-10-24-14-4-2-3-5-15(14)25-11)16-12-6-7-19-21(12)13(8-18-16)17(22)23/h2-8,11H,9-10H2,1H3,(H,22,23). The summed E-state index contributed by atoms with van der Waals surface area (Å²) in [4.78, 5) is 17.5. The quantitative estimate of drug-likeness (QED) is 0.773. The summed E-state index contributed by atoms with van der Waals surface area (Å²) in [5.74, 6) is 1.01. The highest BCUT2D eigenvalue weighted by atomic mass is 16.6. The molecule has 0 amide bonds. The van der Waals surface area contributed by atoms with Gasteiger partial charge in [0.05, 0.1) is 18.9 Å². The second-order valence-electron chi connectivity index (χ2n) is 5.78. The lowest BCUT2D eigenvalue weighted by molar-refractivity contribution is 0.0687. The van der Waals surface area contributed by atoms with E-state index in [1.807, 2.05) is 36.2 Å². The number of fused-ring (bicyclic) bond motifs is 2. The molecule has 0 saturated heterocycles. The van der Waals surface area contributed by atoms with E-state index in [4.69, 9.17) is 9.47 Å². The molecule has 128 valence electrons. The number of aromatic nitrogens is 3. The highest BCUT2D eigenvalue weighted by molar-refractivity contribution is 5.87. The first-order valence-corrected chi connectivity index (χ1v) is 7.79. The van der Waals surface area contributed by atoms with Crippen molar-refractivity contribution in [1.82, 2.24) is 14.6 Å². The Kier molecular flexibility index (Phi) is 3.64. The van der Waals surface area contributed by atoms with Crippen molar-refractivity contribution < 1.29 is 19.4 Å². The zero-order valence-electron chi connectivity index (χ0n) is 13.5. The molecule has 1 atom stereocenters. The molecule has 1 aromatic carbocycles. The van der Waals surface area contributed by atoms with Gasteiger partial charge < -0.3 is 19.5 Å². The molecule has 8 nitrogen and oxygen atoms in total. The number of benzene rings is 1. The summed E-state index contributed by atoms with van der Waals surface area (Å²) in [6.45, 7) is 0.971. The third-order valence-electron chi connectivity index (χ3n) is 4.03. The third-order valence-corrected chi connectivity index (χ3v) is 4.03. The van der Waals surface area contributed by atoms with Crippen LogP contribution in [-0.4, -0.2) is 52.0 Å². The van der Waals surface area contributed by atoms with Crippen LogP contribution in [0.15, 0.2) is 42.7 Å². The zero-order chi connectivity index (χ0) is 17.4. The summed E-state index contributed by atoms with van der Waals surface area (Å²) in [5.41, 5.74) is 0.642. The lowest BCUT2D eigenvalue weighted by Gasteiger charge is -2.30. The minimum atomic E-state index is -1.07. The Bertz CT molecular complexity index is 939. The molecule has 8 heteroatoms. The predicted molar refractivity (Wildman–Crippen MR) is 89.6 cm³/mol. The van der Waals surface area contributed by atoms with Gasteiger partial charge in [-0.15, -0.1) is 0 Å². The molecule has 3 aromatic rings. The number of likely N-dealkylation sites (N-methyl/N-ethyl adjacent to an activating group) is 1. The number of aromatic carboxylic acids is 1. The van der Waals surface area contributed by atoms with Crippen LogP contribution in [-0.2, 0) is 0 Å². The monoisotopic (exact) mass is 340 g/mol. The molecule has 0 radical (unpaired) electrons. The Balaban J connectivity index is 1.57. The van der Waals surface area contributed by atoms with E-state index in [-0.39, 0.29) is 11.8 Å². The second-order valence-corrected chi connectivity index (χ2v) is 5.78. The fourth-order valence-corrected chi connectivity index (χ4v) is 2.89. The molecule has 0 saturated carbocycles. The summed E-state index contributed by atoms with van der Waals surface area (Å²) in [7, 11) is 1.87. The number of rotatable bonds is 4. The fraction of sp³-hybridized carbons (Fsp3) is 0.235. The Hall–Kier alpha value is -3.29. The number of carbonyl (C=O) groups is 1. The first-order valence-electron chi connectivity index (χ1n) is 7.79. The van der Waals surface area contributed by atoms with E-state index in [9.17, 15) is 9.90 Å². The van der Waals surface area contributed by atoms with Crippen molar-refractivity contribution in [2.24, 2.45) is 0 Å². The molecular weight excluding hydrogens is 324 g/mol. The summed E-state index contributed by atoms with van der Waals surface area (Å²) >= 11 is 0. The van der Waals surface area contributed by atoms with Crippen LogP contribution in [0.3, 0.4) is 0 Å². The Morgan fingerprint density at radius 3 is 2.96 bits per heavy atom. The van der Waals surface area contributed by atoms with Crippen molar-refractivity contribution in [1.29, 1.82) is 0 Å². The van der Waals surface area contributed by atoms with Crippen LogP contribution >= 0.6 is 0 Å². The molecule has 1 aliphatic heterocycles. The summed E-state index contributed by atoms with van der Waals surface area (Å²) in [6.07, 6.45) is 2.70. The van der Waals surface area contributed by atoms with Gasteiger partial charge in [-0.25, -0.2) is 14.3 Å². The van der Waals surface area contributed by atoms with Gasteiger partial charge >= 0.3 is 5.97 Å². The fourth-order valence-electron chi connectivity index (χ4n) is 2.89. The van der Waals surface area contributed by atoms with Gasteiger partial charge in [-0.3, -0.25) is 0 Å². The lowest BCUT2D eigenvalue weighted by Crippen LogP contribution is -2.40. The number of carboxylic acids is 1. The Morgan fingerprint density at radius 1 is 1.36 bits per heavy atom. The smallest absolute Gasteiger partial charge is 0.356 e. The van der Waals surface area contributed by atoms with Crippen molar-refractivity contribution in [3.05, 3.63) is 48.4 Å². The molecule has 1 unspecified atom stereocenters. The molecular formula is C17H16N4O4. The van der Waals surface area contributed by atoms with E-state index < -0.39 is 5.97 Å². The molecule has 0 aliphatic carbocycles. The van der Waals surface area contributed by atoms with Gasteiger partial charge in [-0.2, -0.15) is 5.10 Å². The SMILES string of the molecule is CN(CC1COc2ccccc2O1)c1ncc(C(=O)O)n2nccc12. The molecule has 2 aromatic heterocycles. The van der Waals surface area contributed by atoms with Gasteiger partial charge in [0, 0.05) is 7.05 Å². The maximum atomic E-state index is 11.3. The first kappa shape index (κ1) is 15.3. The second kappa shape index (κ2) is 5.97. The van der Waals surface area contributed by atoms with Gasteiger partial charge in [0.25, 0.3) is 0 Å². The number of nitrogens with zero attached hydrogens (tertiary/aromatic N) is 4. The van der Waals surface area contributed by atoms with Gasteiger partial charge in [0.1, 0.15) is 12.1 Å². The van der Waals surface area contributed by atoms with Crippen LogP contribution < -0.4 is 14.4 Å². The number of ether oxygens (including phenoxy) is 2. The highest BCUT2D eigenvalue weighted by Crippen LogP contribution is 2.31. The first-order chi connectivity index (χ1) is 12.1. The lowest BCUT2D eigenvalue weighted by atomic mass is 10.2. The number of anilines is 1. The van der Waals surface area contributed by atoms with Gasteiger partial charge in [0.15, 0.2) is 29.1 Å². The number of para-hydroxylation sites is 2. The van der Waals surface area contributed by atoms with Crippen molar-refractivity contribution in [2.45, 2.75) is 6.10 Å². The highest BCUT2D eigenvalue weighted by Gasteiger charge is 2.24. The van der Waals surface area contributed by atoms with Crippen LogP contribution in [0.2, 0.25) is 0 Å². The van der Waals surface area contributed by atoms with Crippen LogP contribution in [0.25, 0.3) is 5.52 Å². The average molecular weight is 340 g/mol. The Morgan fingerprint density at radius 2 is 2.16 bits per heavy atom. The maximum Gasteiger partial charge on any atom is 0.356 e. The maximum absolute atomic E-state index is 11.3. The van der Waals surface area contributed by atoms with E-state index in [2.05, 4.69) is 10.1 Å². The normalized spacial score (nSPS) is 16.0. The van der Waals surface area contributed by atoms with Crippen LogP contribution in [0.5, 0.6) is 11.5 Å². The van der Waals surface area contributed by atoms with E-state index in [1.165, 1.54) is 10.7 Å². The Labute approximate surface area is 143 Å². The van der Waals surface area contributed by atoms with Gasteiger partial charge in [0.2, 0.25) is 0 Å². The third kappa shape index (κ3) is 2.71. The minimum absolute atomic E-state index is 0.0170. The zero-order valence-corrected chi connectivity index (χ0v) is 13.5. The van der Waals surface area contributed by atoms with Gasteiger partial charge in [-0.05, 0) is 18.2 Å². The summed E-state index contributed by atoms with van der Waals surface area (Å²) < 4.78 is 13.1. The van der Waals surface area contributed by atoms with Crippen LogP contribution in [0, 0.1) is 0 Å². The van der Waals surface area contributed by atoms with Crippen molar-refractivity contribution in [3.8, 4) is 11.5 Å². The van der Waals surface area contributed by atoms with Crippen LogP contribution in [0.4, 0.5) is 5.82 Å². The number of hydrogen-bond acceptors (Lipinski definition) is 6. The van der Waals surface area contributed by atoms with Crippen molar-refractivity contribution >= 4 is 17.3 Å². The minimum Gasteiger partial charge on any atom is -0.486 e. The molecule has 0 spiro atoms. The van der Waals surface area contributed by atoms with E-state index in [0.29, 0.717) is 24.5 Å². The molecule has 0 bridgehead atoms. The summed E-state index contributed by atoms with van der Waals surface area (Å²) in [6, 6.07) is 9.28. The summed E-state index contributed by atoms with van der Waals surface area (Å²) in [5, 5.41) is 13.3. The molecule has 25 heavy (non-hydrogen) atoms. The number of carboxylic acid groups (broad SMARTS) is 1. The predicted octanol–water partition coefficient (Wildman–Crippen LogP) is 1.70. The molecule has 3 heterocycles. The largest absolute Gasteiger partial charge is 0.486 e. The molecule has 4 rings (SSSR count). The molecule has 0 fully saturated rings.